The van der Waals surface area contributed by atoms with E-state index in [2.05, 4.69) is 10.5 Å². The zero-order valence-electron chi connectivity index (χ0n) is 4.72. The van der Waals surface area contributed by atoms with Crippen LogP contribution in [-0.2, 0) is 4.84 Å². The van der Waals surface area contributed by atoms with Crippen LogP contribution in [0.3, 0.4) is 0 Å². The van der Waals surface area contributed by atoms with E-state index in [1.807, 2.05) is 6.92 Å². The molecule has 0 fully saturated rings. The molecule has 0 aromatic heterocycles. The summed E-state index contributed by atoms with van der Waals surface area (Å²) in [5.41, 5.74) is 7.80. The molecule has 0 bridgehead atoms. The van der Waals surface area contributed by atoms with Gasteiger partial charge >= 0.3 is 0 Å². The highest BCUT2D eigenvalue weighted by Crippen LogP contribution is 1.95. The van der Waals surface area contributed by atoms with Gasteiger partial charge in [0.15, 0.2) is 6.23 Å². The average molecular weight is 115 g/mol. The van der Waals surface area contributed by atoms with Crippen molar-refractivity contribution in [2.24, 2.45) is 10.7 Å². The first-order chi connectivity index (χ1) is 3.83. The van der Waals surface area contributed by atoms with Crippen LogP contribution in [0, 0.1) is 0 Å². The second-order valence-electron chi connectivity index (χ2n) is 1.60. The molecule has 4 nitrogen and oxygen atoms in total. The highest BCUT2D eigenvalue weighted by molar-refractivity contribution is 5.83. The smallest absolute Gasteiger partial charge is 0.174 e. The molecular weight excluding hydrogens is 106 g/mol. The summed E-state index contributed by atoms with van der Waals surface area (Å²) >= 11 is 0. The minimum absolute atomic E-state index is 0.0754. The van der Waals surface area contributed by atoms with Crippen molar-refractivity contribution in [2.45, 2.75) is 13.2 Å². The van der Waals surface area contributed by atoms with Gasteiger partial charge in [-0.2, -0.15) is 0 Å². The highest BCUT2D eigenvalue weighted by atomic mass is 16.7. The molecule has 0 saturated carbocycles. The lowest BCUT2D eigenvalue weighted by molar-refractivity contribution is 0.0499. The van der Waals surface area contributed by atoms with Gasteiger partial charge in [-0.1, -0.05) is 0 Å². The third-order valence-corrected chi connectivity index (χ3v) is 0.878. The lowest BCUT2D eigenvalue weighted by Crippen LogP contribution is -2.25. The quantitative estimate of drug-likeness (QED) is 0.471. The van der Waals surface area contributed by atoms with Gasteiger partial charge in [0.1, 0.15) is 5.84 Å². The van der Waals surface area contributed by atoms with Crippen LogP contribution < -0.4 is 11.2 Å². The second kappa shape index (κ2) is 2.11. The van der Waals surface area contributed by atoms with Crippen molar-refractivity contribution in [3.8, 4) is 0 Å². The fourth-order valence-electron chi connectivity index (χ4n) is 0.520. The number of amidine groups is 1. The first-order valence-corrected chi connectivity index (χ1v) is 2.51. The van der Waals surface area contributed by atoms with Crippen LogP contribution in [0.25, 0.3) is 0 Å². The van der Waals surface area contributed by atoms with Crippen LogP contribution in [0.15, 0.2) is 4.99 Å². The number of nitrogens with two attached hydrogens (primary N) is 1. The summed E-state index contributed by atoms with van der Waals surface area (Å²) in [6.07, 6.45) is -0.0754. The van der Waals surface area contributed by atoms with E-state index in [4.69, 9.17) is 10.6 Å². The molecule has 1 aliphatic rings. The molecule has 0 saturated heterocycles. The number of hydrogen-bond donors (Lipinski definition) is 2. The van der Waals surface area contributed by atoms with Crippen molar-refractivity contribution in [1.29, 1.82) is 0 Å². The Morgan fingerprint density at radius 1 is 2.00 bits per heavy atom. The monoisotopic (exact) mass is 115 g/mol. The van der Waals surface area contributed by atoms with E-state index in [1.54, 1.807) is 0 Å². The predicted octanol–water partition coefficient (Wildman–Crippen LogP) is -0.776. The first kappa shape index (κ1) is 5.53. The van der Waals surface area contributed by atoms with Crippen molar-refractivity contribution < 1.29 is 4.84 Å². The average Bonchev–Trinajstić information content (AvgIpc) is 2.14. The summed E-state index contributed by atoms with van der Waals surface area (Å²) in [4.78, 5) is 8.79. The summed E-state index contributed by atoms with van der Waals surface area (Å²) in [5, 5.41) is 0. The molecule has 0 aromatic rings. The van der Waals surface area contributed by atoms with Gasteiger partial charge in [0.2, 0.25) is 0 Å². The fraction of sp³-hybridized carbons (Fsp3) is 0.750. The third-order valence-electron chi connectivity index (χ3n) is 0.878. The maximum absolute atomic E-state index is 5.22. The number of hydrogen-bond acceptors (Lipinski definition) is 4. The Balaban J connectivity index is 2.44. The number of aliphatic imine (C=N–C) groups is 1. The Morgan fingerprint density at radius 2 is 2.75 bits per heavy atom. The Hall–Kier alpha value is -0.610. The number of hydroxylamine groups is 1. The van der Waals surface area contributed by atoms with E-state index in [9.17, 15) is 0 Å². The Labute approximate surface area is 47.7 Å². The van der Waals surface area contributed by atoms with Crippen molar-refractivity contribution in [3.05, 3.63) is 0 Å². The van der Waals surface area contributed by atoms with Gasteiger partial charge in [-0.15, -0.1) is 0 Å². The Morgan fingerprint density at radius 3 is 3.00 bits per heavy atom. The maximum atomic E-state index is 5.22. The van der Waals surface area contributed by atoms with Crippen LogP contribution >= 0.6 is 0 Å². The van der Waals surface area contributed by atoms with E-state index in [1.165, 1.54) is 0 Å². The molecule has 0 aromatic carbocycles. The van der Waals surface area contributed by atoms with Gasteiger partial charge in [0, 0.05) is 0 Å². The summed E-state index contributed by atoms with van der Waals surface area (Å²) in [6, 6.07) is 0. The zero-order chi connectivity index (χ0) is 5.98. The summed E-state index contributed by atoms with van der Waals surface area (Å²) in [5.74, 6) is 0.720. The standard InChI is InChI=1S/C4H9N3O/c1-3-6-4(2-5)7-8-3/h3H,2,5H2,1H3,(H,6,7). The van der Waals surface area contributed by atoms with Gasteiger partial charge in [0.05, 0.1) is 6.54 Å². The molecule has 4 heteroatoms. The third kappa shape index (κ3) is 0.962. The molecule has 0 amide bonds. The van der Waals surface area contributed by atoms with Crippen LogP contribution in [0.1, 0.15) is 6.92 Å². The van der Waals surface area contributed by atoms with Crippen molar-refractivity contribution >= 4 is 5.84 Å². The first-order valence-electron chi connectivity index (χ1n) is 2.51. The Bertz CT molecular complexity index is 112. The summed E-state index contributed by atoms with van der Waals surface area (Å²) in [6.45, 7) is 2.26. The SMILES string of the molecule is CC1N=C(CN)NO1. The van der Waals surface area contributed by atoms with E-state index in [-0.39, 0.29) is 6.23 Å². The van der Waals surface area contributed by atoms with Gasteiger partial charge < -0.3 is 5.73 Å². The van der Waals surface area contributed by atoms with Gasteiger partial charge in [-0.3, -0.25) is 0 Å². The van der Waals surface area contributed by atoms with Gasteiger partial charge in [-0.05, 0) is 6.92 Å². The number of nitrogens with one attached hydrogen (secondary N) is 1. The van der Waals surface area contributed by atoms with E-state index >= 15 is 0 Å². The molecule has 1 heterocycles. The fourth-order valence-corrected chi connectivity index (χ4v) is 0.520. The van der Waals surface area contributed by atoms with Crippen molar-refractivity contribution in [2.75, 3.05) is 6.54 Å². The molecule has 8 heavy (non-hydrogen) atoms. The normalized spacial score (nSPS) is 27.2. The molecule has 46 valence electrons. The lowest BCUT2D eigenvalue weighted by atomic mass is 10.6. The molecule has 1 rings (SSSR count). The van der Waals surface area contributed by atoms with Gasteiger partial charge in [-0.25, -0.2) is 15.3 Å². The van der Waals surface area contributed by atoms with Crippen molar-refractivity contribution in [1.82, 2.24) is 5.48 Å². The lowest BCUT2D eigenvalue weighted by Gasteiger charge is -1.94. The molecule has 0 radical (unpaired) electrons. The molecule has 0 spiro atoms. The Kier molecular flexibility index (Phi) is 1.45. The van der Waals surface area contributed by atoms with Gasteiger partial charge in [0.25, 0.3) is 0 Å². The molecule has 1 atom stereocenters. The van der Waals surface area contributed by atoms with Crippen LogP contribution in [0.5, 0.6) is 0 Å². The van der Waals surface area contributed by atoms with Crippen LogP contribution in [-0.4, -0.2) is 18.6 Å². The van der Waals surface area contributed by atoms with Crippen LogP contribution in [0.4, 0.5) is 0 Å². The molecule has 0 aliphatic carbocycles. The molecule has 3 N–H and O–H groups in total. The second-order valence-corrected chi connectivity index (χ2v) is 1.60. The zero-order valence-corrected chi connectivity index (χ0v) is 4.72. The maximum Gasteiger partial charge on any atom is 0.174 e. The predicted molar refractivity (Wildman–Crippen MR) is 30.2 cm³/mol. The minimum atomic E-state index is -0.0754. The number of rotatable bonds is 1. The topological polar surface area (TPSA) is 59.6 Å². The molecule has 1 aliphatic heterocycles. The highest BCUT2D eigenvalue weighted by Gasteiger charge is 2.09. The van der Waals surface area contributed by atoms with Crippen LogP contribution in [0.2, 0.25) is 0 Å². The number of nitrogens with zero attached hydrogens (tertiary/aromatic N) is 1. The minimum Gasteiger partial charge on any atom is -0.324 e. The van der Waals surface area contributed by atoms with E-state index in [0.717, 1.165) is 5.84 Å². The molecule has 1 unspecified atom stereocenters. The van der Waals surface area contributed by atoms with Crippen molar-refractivity contribution in [3.63, 3.8) is 0 Å². The largest absolute Gasteiger partial charge is 0.324 e. The summed E-state index contributed by atoms with van der Waals surface area (Å²) in [7, 11) is 0. The van der Waals surface area contributed by atoms with E-state index in [0.29, 0.717) is 6.54 Å². The molecular formula is C4H9N3O. The van der Waals surface area contributed by atoms with E-state index < -0.39 is 0 Å². The summed E-state index contributed by atoms with van der Waals surface area (Å²) < 4.78 is 0.